The van der Waals surface area contributed by atoms with Gasteiger partial charge in [0.15, 0.2) is 4.83 Å². The summed E-state index contributed by atoms with van der Waals surface area (Å²) >= 11 is 7.64. The average molecular weight is 431 g/mol. The van der Waals surface area contributed by atoms with Gasteiger partial charge in [-0.2, -0.15) is 0 Å². The summed E-state index contributed by atoms with van der Waals surface area (Å²) in [6.45, 7) is 6.59. The molecule has 152 valence electrons. The number of carbonyl (C=O) groups excluding carboxylic acids is 1. The van der Waals surface area contributed by atoms with Gasteiger partial charge < -0.3 is 5.32 Å². The molecule has 1 unspecified atom stereocenters. The first kappa shape index (κ1) is 20.0. The number of carbonyl (C=O) groups is 1. The van der Waals surface area contributed by atoms with Gasteiger partial charge in [-0.25, -0.2) is 4.68 Å². The maximum absolute atomic E-state index is 13.1. The van der Waals surface area contributed by atoms with Crippen molar-refractivity contribution in [2.45, 2.75) is 46.6 Å². The third-order valence-corrected chi connectivity index (χ3v) is 7.07. The molecule has 0 saturated heterocycles. The number of rotatable bonds is 3. The molecule has 1 atom stereocenters. The highest BCUT2D eigenvalue weighted by atomic mass is 35.5. The van der Waals surface area contributed by atoms with Gasteiger partial charge in [-0.1, -0.05) is 49.7 Å². The van der Waals surface area contributed by atoms with Crippen molar-refractivity contribution in [1.82, 2.24) is 15.0 Å². The molecular weight excluding hydrogens is 408 g/mol. The molecule has 0 saturated carbocycles. The van der Waals surface area contributed by atoms with E-state index >= 15 is 0 Å². The molecule has 1 amide bonds. The van der Waals surface area contributed by atoms with Crippen LogP contribution in [0.25, 0.3) is 10.2 Å². The van der Waals surface area contributed by atoms with E-state index in [1.54, 1.807) is 35.6 Å². The highest BCUT2D eigenvalue weighted by molar-refractivity contribution is 7.18. The molecule has 4 rings (SSSR count). The normalized spacial score (nSPS) is 16.6. The predicted octanol–water partition coefficient (Wildman–Crippen LogP) is 4.30. The number of aryl methyl sites for hydroxylation is 1. The predicted molar refractivity (Wildman–Crippen MR) is 117 cm³/mol. The number of amides is 1. The lowest BCUT2D eigenvalue weighted by atomic mass is 9.72. The number of benzene rings is 1. The molecule has 0 aliphatic heterocycles. The largest absolute Gasteiger partial charge is 0.323 e. The third-order valence-electron chi connectivity index (χ3n) is 5.60. The van der Waals surface area contributed by atoms with E-state index in [4.69, 9.17) is 11.6 Å². The number of anilines is 1. The highest BCUT2D eigenvalue weighted by Gasteiger charge is 2.32. The molecule has 1 aliphatic carbocycles. The van der Waals surface area contributed by atoms with E-state index in [1.807, 2.05) is 0 Å². The SMILES string of the molecule is CC(C)(C)C1CCc2c(sc3nnn(CC(=O)Nc4ccccc4Cl)c(=O)c23)C1. The summed E-state index contributed by atoms with van der Waals surface area (Å²) in [5.74, 6) is 0.213. The van der Waals surface area contributed by atoms with Crippen LogP contribution < -0.4 is 10.9 Å². The van der Waals surface area contributed by atoms with Gasteiger partial charge in [0.05, 0.1) is 16.1 Å². The first-order valence-electron chi connectivity index (χ1n) is 9.66. The van der Waals surface area contributed by atoms with Gasteiger partial charge in [0.25, 0.3) is 5.56 Å². The molecule has 0 bridgehead atoms. The number of para-hydroxylation sites is 1. The summed E-state index contributed by atoms with van der Waals surface area (Å²) in [5, 5.41) is 12.0. The van der Waals surface area contributed by atoms with Crippen molar-refractivity contribution in [3.8, 4) is 0 Å². The molecule has 29 heavy (non-hydrogen) atoms. The zero-order valence-corrected chi connectivity index (χ0v) is 18.2. The minimum Gasteiger partial charge on any atom is -0.323 e. The van der Waals surface area contributed by atoms with Crippen LogP contribution in [0.1, 0.15) is 37.6 Å². The zero-order chi connectivity index (χ0) is 20.8. The Morgan fingerprint density at radius 1 is 1.34 bits per heavy atom. The third kappa shape index (κ3) is 3.94. The van der Waals surface area contributed by atoms with Gasteiger partial charge in [-0.3, -0.25) is 9.59 Å². The van der Waals surface area contributed by atoms with Crippen LogP contribution in [0.4, 0.5) is 5.69 Å². The molecule has 1 N–H and O–H groups in total. The summed E-state index contributed by atoms with van der Waals surface area (Å²) in [7, 11) is 0. The number of aromatic nitrogens is 3. The topological polar surface area (TPSA) is 76.9 Å². The Balaban J connectivity index is 1.61. The first-order valence-corrected chi connectivity index (χ1v) is 10.9. The Morgan fingerprint density at radius 3 is 2.83 bits per heavy atom. The Morgan fingerprint density at radius 2 is 2.10 bits per heavy atom. The fourth-order valence-electron chi connectivity index (χ4n) is 3.86. The summed E-state index contributed by atoms with van der Waals surface area (Å²) in [5.41, 5.74) is 1.57. The molecular formula is C21H23ClN4O2S. The number of nitrogens with one attached hydrogen (secondary N) is 1. The molecule has 0 spiro atoms. The summed E-state index contributed by atoms with van der Waals surface area (Å²) in [6.07, 6.45) is 2.88. The molecule has 1 aromatic carbocycles. The van der Waals surface area contributed by atoms with Crippen LogP contribution >= 0.6 is 22.9 Å². The standard InChI is InChI=1S/C21H23ClN4O2S/c1-21(2,3)12-8-9-13-16(10-12)29-19-18(13)20(28)26(25-24-19)11-17(27)23-15-7-5-4-6-14(15)22/h4-7,12H,8-11H2,1-3H3,(H,23,27). The Bertz CT molecular complexity index is 1150. The zero-order valence-electron chi connectivity index (χ0n) is 16.7. The minimum atomic E-state index is -0.370. The van der Waals surface area contributed by atoms with Crippen LogP contribution in [-0.4, -0.2) is 20.9 Å². The molecule has 3 aromatic rings. The quantitative estimate of drug-likeness (QED) is 0.672. The van der Waals surface area contributed by atoms with E-state index in [0.717, 1.165) is 29.5 Å². The number of nitrogens with zero attached hydrogens (tertiary/aromatic N) is 3. The van der Waals surface area contributed by atoms with Crippen LogP contribution in [0.3, 0.4) is 0 Å². The van der Waals surface area contributed by atoms with Gasteiger partial charge in [-0.15, -0.1) is 16.4 Å². The van der Waals surface area contributed by atoms with Crippen molar-refractivity contribution >= 4 is 44.7 Å². The number of thiophene rings is 1. The molecule has 6 nitrogen and oxygen atoms in total. The van der Waals surface area contributed by atoms with E-state index in [1.165, 1.54) is 4.88 Å². The van der Waals surface area contributed by atoms with Crippen LogP contribution in [0, 0.1) is 11.3 Å². The monoisotopic (exact) mass is 430 g/mol. The number of hydrogen-bond acceptors (Lipinski definition) is 5. The van der Waals surface area contributed by atoms with Gasteiger partial charge in [0.2, 0.25) is 5.91 Å². The van der Waals surface area contributed by atoms with E-state index < -0.39 is 0 Å². The van der Waals surface area contributed by atoms with Crippen molar-refractivity contribution < 1.29 is 4.79 Å². The smallest absolute Gasteiger partial charge is 0.279 e. The van der Waals surface area contributed by atoms with Crippen LogP contribution in [-0.2, 0) is 24.2 Å². The van der Waals surface area contributed by atoms with Gasteiger partial charge in [0, 0.05) is 4.88 Å². The highest BCUT2D eigenvalue weighted by Crippen LogP contribution is 2.41. The Kier molecular flexibility index (Phi) is 5.21. The molecule has 2 heterocycles. The number of fused-ring (bicyclic) bond motifs is 3. The Hall–Kier alpha value is -2.25. The number of hydrogen-bond donors (Lipinski definition) is 1. The van der Waals surface area contributed by atoms with E-state index in [0.29, 0.717) is 26.8 Å². The number of halogens is 1. The second-order valence-electron chi connectivity index (χ2n) is 8.57. The Labute approximate surface area is 177 Å². The van der Waals surface area contributed by atoms with Crippen molar-refractivity contribution in [1.29, 1.82) is 0 Å². The van der Waals surface area contributed by atoms with Crippen molar-refractivity contribution in [2.75, 3.05) is 5.32 Å². The van der Waals surface area contributed by atoms with Crippen molar-refractivity contribution in [3.05, 3.63) is 50.1 Å². The summed E-state index contributed by atoms with van der Waals surface area (Å²) < 4.78 is 1.14. The van der Waals surface area contributed by atoms with E-state index in [-0.39, 0.29) is 23.4 Å². The first-order chi connectivity index (χ1) is 13.7. The molecule has 8 heteroatoms. The van der Waals surface area contributed by atoms with Crippen LogP contribution in [0.15, 0.2) is 29.1 Å². The van der Waals surface area contributed by atoms with E-state index in [2.05, 4.69) is 36.4 Å². The van der Waals surface area contributed by atoms with Gasteiger partial charge in [-0.05, 0) is 48.3 Å². The second kappa shape index (κ2) is 7.54. The van der Waals surface area contributed by atoms with Crippen molar-refractivity contribution in [2.24, 2.45) is 11.3 Å². The van der Waals surface area contributed by atoms with Crippen LogP contribution in [0.2, 0.25) is 5.02 Å². The van der Waals surface area contributed by atoms with Crippen molar-refractivity contribution in [3.63, 3.8) is 0 Å². The summed E-state index contributed by atoms with van der Waals surface area (Å²) in [4.78, 5) is 27.4. The van der Waals surface area contributed by atoms with Gasteiger partial charge in [0.1, 0.15) is 6.54 Å². The fraction of sp³-hybridized carbons (Fsp3) is 0.429. The molecule has 0 fully saturated rings. The molecule has 0 radical (unpaired) electrons. The van der Waals surface area contributed by atoms with Crippen LogP contribution in [0.5, 0.6) is 0 Å². The maximum Gasteiger partial charge on any atom is 0.279 e. The maximum atomic E-state index is 13.1. The lowest BCUT2D eigenvalue weighted by Crippen LogP contribution is -2.31. The average Bonchev–Trinajstić information content (AvgIpc) is 3.03. The second-order valence-corrected chi connectivity index (χ2v) is 10.1. The summed E-state index contributed by atoms with van der Waals surface area (Å²) in [6, 6.07) is 6.96. The van der Waals surface area contributed by atoms with E-state index in [9.17, 15) is 9.59 Å². The fourth-order valence-corrected chi connectivity index (χ4v) is 5.28. The minimum absolute atomic E-state index is 0.206. The lowest BCUT2D eigenvalue weighted by molar-refractivity contribution is -0.117. The molecule has 2 aromatic heterocycles. The molecule has 1 aliphatic rings. The lowest BCUT2D eigenvalue weighted by Gasteiger charge is -2.33. The van der Waals surface area contributed by atoms with Gasteiger partial charge >= 0.3 is 0 Å².